The summed E-state index contributed by atoms with van der Waals surface area (Å²) >= 11 is 6.13. The highest BCUT2D eigenvalue weighted by molar-refractivity contribution is 6.30. The van der Waals surface area contributed by atoms with Crippen molar-refractivity contribution in [3.05, 3.63) is 100 Å². The topological polar surface area (TPSA) is 81.4 Å². The van der Waals surface area contributed by atoms with Gasteiger partial charge in [-0.15, -0.1) is 10.2 Å². The third-order valence-corrected chi connectivity index (χ3v) is 5.99. The Bertz CT molecular complexity index is 1450. The summed E-state index contributed by atoms with van der Waals surface area (Å²) < 4.78 is 21.0. The van der Waals surface area contributed by atoms with Crippen molar-refractivity contribution in [2.45, 2.75) is 19.4 Å². The minimum Gasteiger partial charge on any atom is -0.497 e. The second-order valence-corrected chi connectivity index (χ2v) is 8.52. The van der Waals surface area contributed by atoms with Gasteiger partial charge in [-0.3, -0.25) is 14.4 Å². The van der Waals surface area contributed by atoms with Crippen molar-refractivity contribution in [1.82, 2.24) is 14.8 Å². The van der Waals surface area contributed by atoms with Crippen LogP contribution >= 0.6 is 11.6 Å². The van der Waals surface area contributed by atoms with Crippen molar-refractivity contribution in [1.29, 1.82) is 0 Å². The number of hydrogen-bond donors (Lipinski definition) is 1. The SMILES string of the molecule is COc1ccc2c(c1)C(c1ccc(Cl)cc1)=N[C@@H](CC(=O)Nc1cccc(F)c1)c1nnc(C)n1-2. The number of carbonyl (C=O) groups is 1. The number of aryl methyl sites for hydroxylation is 1. The van der Waals surface area contributed by atoms with E-state index in [9.17, 15) is 9.18 Å². The van der Waals surface area contributed by atoms with E-state index in [1.165, 1.54) is 18.2 Å². The van der Waals surface area contributed by atoms with Crippen LogP contribution in [0.2, 0.25) is 5.02 Å². The first-order valence-corrected chi connectivity index (χ1v) is 11.3. The molecule has 176 valence electrons. The van der Waals surface area contributed by atoms with Gasteiger partial charge in [-0.2, -0.15) is 0 Å². The Kier molecular flexibility index (Phi) is 6.05. The van der Waals surface area contributed by atoms with Crippen LogP contribution in [0.25, 0.3) is 5.69 Å². The van der Waals surface area contributed by atoms with Gasteiger partial charge in [0.2, 0.25) is 5.91 Å². The fourth-order valence-corrected chi connectivity index (χ4v) is 4.26. The summed E-state index contributed by atoms with van der Waals surface area (Å²) in [4.78, 5) is 18.0. The zero-order valence-electron chi connectivity index (χ0n) is 19.0. The number of carbonyl (C=O) groups excluding carboxylic acids is 1. The molecule has 0 radical (unpaired) electrons. The Balaban J connectivity index is 1.62. The maximum absolute atomic E-state index is 13.6. The van der Waals surface area contributed by atoms with E-state index in [2.05, 4.69) is 15.5 Å². The molecule has 1 aliphatic heterocycles. The highest BCUT2D eigenvalue weighted by Crippen LogP contribution is 2.34. The van der Waals surface area contributed by atoms with Gasteiger partial charge in [0.05, 0.1) is 24.9 Å². The molecular weight excluding hydrogens is 469 g/mol. The smallest absolute Gasteiger partial charge is 0.227 e. The minimum atomic E-state index is -0.645. The highest BCUT2D eigenvalue weighted by Gasteiger charge is 2.30. The second kappa shape index (κ2) is 9.31. The Morgan fingerprint density at radius 1 is 1.11 bits per heavy atom. The van der Waals surface area contributed by atoms with E-state index >= 15 is 0 Å². The van der Waals surface area contributed by atoms with Crippen LogP contribution in [0.15, 0.2) is 71.7 Å². The number of methoxy groups -OCH3 is 1. The summed E-state index contributed by atoms with van der Waals surface area (Å²) in [5.41, 5.74) is 3.50. The van der Waals surface area contributed by atoms with Gasteiger partial charge in [-0.25, -0.2) is 4.39 Å². The third kappa shape index (κ3) is 4.52. The number of rotatable bonds is 5. The molecule has 4 aromatic rings. The Morgan fingerprint density at radius 3 is 2.66 bits per heavy atom. The molecule has 2 heterocycles. The molecule has 1 amide bonds. The van der Waals surface area contributed by atoms with Crippen molar-refractivity contribution in [3.63, 3.8) is 0 Å². The maximum atomic E-state index is 13.6. The first-order chi connectivity index (χ1) is 16.9. The molecule has 35 heavy (non-hydrogen) atoms. The molecule has 5 rings (SSSR count). The summed E-state index contributed by atoms with van der Waals surface area (Å²) in [7, 11) is 1.60. The predicted octanol–water partition coefficient (Wildman–Crippen LogP) is 5.30. The number of nitrogens with one attached hydrogen (secondary N) is 1. The summed E-state index contributed by atoms with van der Waals surface area (Å²) in [5, 5.41) is 12.0. The molecule has 0 saturated heterocycles. The first-order valence-electron chi connectivity index (χ1n) is 10.9. The fourth-order valence-electron chi connectivity index (χ4n) is 4.13. The third-order valence-electron chi connectivity index (χ3n) is 5.74. The number of nitrogens with zero attached hydrogens (tertiary/aromatic N) is 4. The molecular formula is C26H21ClFN5O2. The van der Waals surface area contributed by atoms with Gasteiger partial charge in [0.15, 0.2) is 5.82 Å². The molecule has 3 aromatic carbocycles. The van der Waals surface area contributed by atoms with E-state index in [1.54, 1.807) is 25.3 Å². The van der Waals surface area contributed by atoms with E-state index in [0.29, 0.717) is 33.8 Å². The van der Waals surface area contributed by atoms with Crippen LogP contribution < -0.4 is 10.1 Å². The molecule has 9 heteroatoms. The molecule has 0 aliphatic carbocycles. The monoisotopic (exact) mass is 489 g/mol. The minimum absolute atomic E-state index is 0.0170. The molecule has 1 N–H and O–H groups in total. The summed E-state index contributed by atoms with van der Waals surface area (Å²) in [6, 6.07) is 18.1. The first kappa shape index (κ1) is 22.7. The quantitative estimate of drug-likeness (QED) is 0.412. The van der Waals surface area contributed by atoms with Crippen LogP contribution in [0, 0.1) is 12.7 Å². The lowest BCUT2D eigenvalue weighted by atomic mass is 10.00. The van der Waals surface area contributed by atoms with Gasteiger partial charge in [-0.1, -0.05) is 29.8 Å². The standard InChI is InChI=1S/C26H21ClFN5O2/c1-15-31-32-26-22(14-24(34)29-19-5-3-4-18(28)12-19)30-25(16-6-8-17(27)9-7-16)21-13-20(35-2)10-11-23(21)33(15)26/h3-13,22H,14H2,1-2H3,(H,29,34)/t22-/m0/s1. The zero-order chi connectivity index (χ0) is 24.5. The van der Waals surface area contributed by atoms with E-state index in [1.807, 2.05) is 41.8 Å². The van der Waals surface area contributed by atoms with Gasteiger partial charge in [0, 0.05) is 21.8 Å². The predicted molar refractivity (Wildman–Crippen MR) is 132 cm³/mol. The number of fused-ring (bicyclic) bond motifs is 3. The molecule has 1 aromatic heterocycles. The maximum Gasteiger partial charge on any atom is 0.227 e. The number of halogens is 2. The van der Waals surface area contributed by atoms with Crippen LogP contribution in [0.1, 0.15) is 35.2 Å². The van der Waals surface area contributed by atoms with Gasteiger partial charge in [0.25, 0.3) is 0 Å². The van der Waals surface area contributed by atoms with Gasteiger partial charge < -0.3 is 10.1 Å². The molecule has 1 atom stereocenters. The molecule has 0 fully saturated rings. The lowest BCUT2D eigenvalue weighted by Gasteiger charge is -2.14. The number of hydrogen-bond acceptors (Lipinski definition) is 5. The average Bonchev–Trinajstić information content (AvgIpc) is 3.17. The number of benzene rings is 3. The largest absolute Gasteiger partial charge is 0.497 e. The van der Waals surface area contributed by atoms with E-state index < -0.39 is 11.9 Å². The van der Waals surface area contributed by atoms with Gasteiger partial charge in [-0.05, 0) is 55.5 Å². The van der Waals surface area contributed by atoms with Gasteiger partial charge >= 0.3 is 0 Å². The zero-order valence-corrected chi connectivity index (χ0v) is 19.8. The van der Waals surface area contributed by atoms with E-state index in [0.717, 1.165) is 16.8 Å². The Hall–Kier alpha value is -4.04. The molecule has 0 bridgehead atoms. The summed E-state index contributed by atoms with van der Waals surface area (Å²) in [6.45, 7) is 1.85. The van der Waals surface area contributed by atoms with Crippen molar-refractivity contribution in [2.24, 2.45) is 4.99 Å². The van der Waals surface area contributed by atoms with Crippen LogP contribution in [0.4, 0.5) is 10.1 Å². The summed E-state index contributed by atoms with van der Waals surface area (Å²) in [5.74, 6) is 1.11. The van der Waals surface area contributed by atoms with E-state index in [4.69, 9.17) is 21.3 Å². The molecule has 0 spiro atoms. The number of ether oxygens (including phenoxy) is 1. The molecule has 1 aliphatic rings. The second-order valence-electron chi connectivity index (χ2n) is 8.09. The Morgan fingerprint density at radius 2 is 1.91 bits per heavy atom. The van der Waals surface area contributed by atoms with Gasteiger partial charge in [0.1, 0.15) is 23.4 Å². The number of amides is 1. The van der Waals surface area contributed by atoms with E-state index in [-0.39, 0.29) is 12.3 Å². The average molecular weight is 490 g/mol. The molecule has 0 unspecified atom stereocenters. The lowest BCUT2D eigenvalue weighted by Crippen LogP contribution is -2.17. The number of anilines is 1. The van der Waals surface area contributed by atoms with Crippen LogP contribution in [-0.4, -0.2) is 33.5 Å². The highest BCUT2D eigenvalue weighted by atomic mass is 35.5. The lowest BCUT2D eigenvalue weighted by molar-refractivity contribution is -0.116. The van der Waals surface area contributed by atoms with Crippen LogP contribution in [0.3, 0.4) is 0 Å². The normalized spacial score (nSPS) is 14.4. The van der Waals surface area contributed by atoms with Crippen LogP contribution in [-0.2, 0) is 4.79 Å². The number of aromatic nitrogens is 3. The van der Waals surface area contributed by atoms with Crippen LogP contribution in [0.5, 0.6) is 5.75 Å². The number of aliphatic imine (C=N–C) groups is 1. The molecule has 0 saturated carbocycles. The summed E-state index contributed by atoms with van der Waals surface area (Å²) in [6.07, 6.45) is -0.0170. The molecule has 7 nitrogen and oxygen atoms in total. The van der Waals surface area contributed by atoms with Crippen molar-refractivity contribution in [2.75, 3.05) is 12.4 Å². The Labute approximate surface area is 206 Å². The fraction of sp³-hybridized carbons (Fsp3) is 0.154. The van der Waals surface area contributed by atoms with Crippen molar-refractivity contribution >= 4 is 28.9 Å². The van der Waals surface area contributed by atoms with Crippen molar-refractivity contribution < 1.29 is 13.9 Å². The van der Waals surface area contributed by atoms with Crippen molar-refractivity contribution in [3.8, 4) is 11.4 Å².